The molecule has 0 aromatic heterocycles. The first-order chi connectivity index (χ1) is 9.42. The fourth-order valence-electron chi connectivity index (χ4n) is 2.21. The first-order valence-electron chi connectivity index (χ1n) is 7.13. The second-order valence-corrected chi connectivity index (χ2v) is 4.74. The Kier molecular flexibility index (Phi) is 5.49. The Labute approximate surface area is 115 Å². The summed E-state index contributed by atoms with van der Waals surface area (Å²) in [4.78, 5) is 0. The Morgan fingerprint density at radius 1 is 0.947 bits per heavy atom. The van der Waals surface area contributed by atoms with Crippen LogP contribution in [0.4, 0.5) is 0 Å². The quantitative estimate of drug-likeness (QED) is 0.477. The van der Waals surface area contributed by atoms with Gasteiger partial charge in [0, 0.05) is 5.39 Å². The maximum atomic E-state index is 5.91. The Hall–Kier alpha value is -1.76. The van der Waals surface area contributed by atoms with E-state index in [1.165, 1.54) is 30.0 Å². The number of ether oxygens (including phenoxy) is 1. The van der Waals surface area contributed by atoms with Crippen LogP contribution in [0.15, 0.2) is 54.6 Å². The molecule has 0 unspecified atom stereocenters. The molecular weight excluding hydrogens is 232 g/mol. The summed E-state index contributed by atoms with van der Waals surface area (Å²) in [6.07, 6.45) is 9.14. The molecule has 0 heterocycles. The van der Waals surface area contributed by atoms with Gasteiger partial charge in [-0.05, 0) is 44.1 Å². The Morgan fingerprint density at radius 2 is 1.79 bits per heavy atom. The van der Waals surface area contributed by atoms with Crippen LogP contribution in [0.3, 0.4) is 0 Å². The van der Waals surface area contributed by atoms with E-state index in [0.29, 0.717) is 0 Å². The van der Waals surface area contributed by atoms with Crippen LogP contribution in [0.5, 0.6) is 5.75 Å². The number of hydrogen-bond donors (Lipinski definition) is 0. The lowest BCUT2D eigenvalue weighted by Gasteiger charge is -2.09. The van der Waals surface area contributed by atoms with Crippen molar-refractivity contribution >= 4 is 10.8 Å². The Morgan fingerprint density at radius 3 is 2.68 bits per heavy atom. The van der Waals surface area contributed by atoms with Gasteiger partial charge in [0.1, 0.15) is 5.75 Å². The molecule has 0 radical (unpaired) electrons. The van der Waals surface area contributed by atoms with Gasteiger partial charge in [-0.2, -0.15) is 0 Å². The molecule has 0 saturated heterocycles. The van der Waals surface area contributed by atoms with Crippen LogP contribution < -0.4 is 4.74 Å². The van der Waals surface area contributed by atoms with Gasteiger partial charge in [-0.15, -0.1) is 0 Å². The lowest BCUT2D eigenvalue weighted by atomic mass is 10.1. The summed E-state index contributed by atoms with van der Waals surface area (Å²) < 4.78 is 5.91. The minimum Gasteiger partial charge on any atom is -0.493 e. The van der Waals surface area contributed by atoms with Crippen molar-refractivity contribution in [2.45, 2.75) is 32.6 Å². The normalized spacial score (nSPS) is 11.2. The van der Waals surface area contributed by atoms with Crippen molar-refractivity contribution in [3.63, 3.8) is 0 Å². The van der Waals surface area contributed by atoms with Crippen LogP contribution >= 0.6 is 0 Å². The van der Waals surface area contributed by atoms with Crippen LogP contribution in [-0.4, -0.2) is 6.61 Å². The summed E-state index contributed by atoms with van der Waals surface area (Å²) in [5.74, 6) is 1.01. The summed E-state index contributed by atoms with van der Waals surface area (Å²) in [7, 11) is 0. The maximum Gasteiger partial charge on any atom is 0.127 e. The van der Waals surface area contributed by atoms with E-state index in [1.807, 2.05) is 0 Å². The van der Waals surface area contributed by atoms with E-state index in [9.17, 15) is 0 Å². The van der Waals surface area contributed by atoms with E-state index < -0.39 is 0 Å². The zero-order valence-corrected chi connectivity index (χ0v) is 11.6. The molecule has 0 spiro atoms. The minimum absolute atomic E-state index is 0.809. The molecule has 2 aromatic carbocycles. The second kappa shape index (κ2) is 7.63. The molecule has 1 nitrogen and oxygen atoms in total. The smallest absolute Gasteiger partial charge is 0.127 e. The molecule has 0 bridgehead atoms. The molecule has 0 fully saturated rings. The van der Waals surface area contributed by atoms with E-state index >= 15 is 0 Å². The molecule has 0 aliphatic heterocycles. The maximum absolute atomic E-state index is 5.91. The molecule has 0 N–H and O–H groups in total. The Bertz CT molecular complexity index is 523. The fourth-order valence-corrected chi connectivity index (χ4v) is 2.21. The average molecular weight is 254 g/mol. The number of allylic oxidation sites excluding steroid dienone is 2. The topological polar surface area (TPSA) is 9.23 Å². The third kappa shape index (κ3) is 4.13. The zero-order chi connectivity index (χ0) is 13.3. The third-order valence-corrected chi connectivity index (χ3v) is 3.26. The van der Waals surface area contributed by atoms with Crippen molar-refractivity contribution in [1.82, 2.24) is 0 Å². The zero-order valence-electron chi connectivity index (χ0n) is 11.6. The van der Waals surface area contributed by atoms with Crippen LogP contribution in [0, 0.1) is 0 Å². The summed E-state index contributed by atoms with van der Waals surface area (Å²) in [5, 5.41) is 2.45. The average Bonchev–Trinajstić information content (AvgIpc) is 2.46. The highest BCUT2D eigenvalue weighted by Crippen LogP contribution is 2.25. The van der Waals surface area contributed by atoms with Crippen molar-refractivity contribution in [2.75, 3.05) is 6.61 Å². The largest absolute Gasteiger partial charge is 0.493 e. The van der Waals surface area contributed by atoms with Crippen LogP contribution in [-0.2, 0) is 0 Å². The molecule has 100 valence electrons. The molecular formula is C18H22O. The first-order valence-corrected chi connectivity index (χ1v) is 7.13. The number of hydrogen-bond acceptors (Lipinski definition) is 1. The molecule has 0 aliphatic rings. The molecule has 0 amide bonds. The molecule has 2 rings (SSSR count). The van der Waals surface area contributed by atoms with E-state index in [1.54, 1.807) is 0 Å². The number of rotatable bonds is 7. The van der Waals surface area contributed by atoms with Gasteiger partial charge in [0.2, 0.25) is 0 Å². The SMILES string of the molecule is CC=CCCCCCOc1cccc2ccccc12. The molecule has 2 aromatic rings. The summed E-state index contributed by atoms with van der Waals surface area (Å²) in [6.45, 7) is 2.88. The van der Waals surface area contributed by atoms with Gasteiger partial charge in [-0.25, -0.2) is 0 Å². The monoisotopic (exact) mass is 254 g/mol. The van der Waals surface area contributed by atoms with Gasteiger partial charge in [0.25, 0.3) is 0 Å². The number of benzene rings is 2. The lowest BCUT2D eigenvalue weighted by Crippen LogP contribution is -1.97. The van der Waals surface area contributed by atoms with Gasteiger partial charge in [0.05, 0.1) is 6.61 Å². The van der Waals surface area contributed by atoms with Gasteiger partial charge in [-0.3, -0.25) is 0 Å². The van der Waals surface area contributed by atoms with E-state index in [2.05, 4.69) is 61.5 Å². The molecule has 0 atom stereocenters. The summed E-state index contributed by atoms with van der Waals surface area (Å²) in [5.41, 5.74) is 0. The molecule has 19 heavy (non-hydrogen) atoms. The Balaban J connectivity index is 1.81. The predicted octanol–water partition coefficient (Wildman–Crippen LogP) is 5.36. The first kappa shape index (κ1) is 13.7. The van der Waals surface area contributed by atoms with Gasteiger partial charge >= 0.3 is 0 Å². The summed E-state index contributed by atoms with van der Waals surface area (Å²) in [6, 6.07) is 14.6. The van der Waals surface area contributed by atoms with Crippen LogP contribution in [0.25, 0.3) is 10.8 Å². The van der Waals surface area contributed by atoms with Crippen molar-refractivity contribution in [3.8, 4) is 5.75 Å². The van der Waals surface area contributed by atoms with Crippen molar-refractivity contribution in [1.29, 1.82) is 0 Å². The summed E-state index contributed by atoms with van der Waals surface area (Å²) >= 11 is 0. The van der Waals surface area contributed by atoms with Crippen molar-refractivity contribution in [3.05, 3.63) is 54.6 Å². The molecule has 0 saturated carbocycles. The van der Waals surface area contributed by atoms with Crippen LogP contribution in [0.1, 0.15) is 32.6 Å². The minimum atomic E-state index is 0.809. The van der Waals surface area contributed by atoms with Crippen molar-refractivity contribution < 1.29 is 4.74 Å². The second-order valence-electron chi connectivity index (χ2n) is 4.74. The lowest BCUT2D eigenvalue weighted by molar-refractivity contribution is 0.309. The van der Waals surface area contributed by atoms with E-state index in [0.717, 1.165) is 18.8 Å². The van der Waals surface area contributed by atoms with Crippen molar-refractivity contribution in [2.24, 2.45) is 0 Å². The number of fused-ring (bicyclic) bond motifs is 1. The standard InChI is InChI=1S/C18H22O/c1-2-3-4-5-6-9-15-19-18-14-10-12-16-11-7-8-13-17(16)18/h2-3,7-8,10-14H,4-6,9,15H2,1H3. The van der Waals surface area contributed by atoms with Gasteiger partial charge in [-0.1, -0.05) is 48.6 Å². The van der Waals surface area contributed by atoms with E-state index in [-0.39, 0.29) is 0 Å². The highest BCUT2D eigenvalue weighted by molar-refractivity contribution is 5.88. The molecule has 1 heteroatoms. The fraction of sp³-hybridized carbons (Fsp3) is 0.333. The van der Waals surface area contributed by atoms with Crippen LogP contribution in [0.2, 0.25) is 0 Å². The van der Waals surface area contributed by atoms with E-state index in [4.69, 9.17) is 4.74 Å². The number of unbranched alkanes of at least 4 members (excludes halogenated alkanes) is 3. The molecule has 0 aliphatic carbocycles. The van der Waals surface area contributed by atoms with Gasteiger partial charge < -0.3 is 4.74 Å². The third-order valence-electron chi connectivity index (χ3n) is 3.26. The highest BCUT2D eigenvalue weighted by Gasteiger charge is 2.00. The van der Waals surface area contributed by atoms with Gasteiger partial charge in [0.15, 0.2) is 0 Å². The highest BCUT2D eigenvalue weighted by atomic mass is 16.5. The predicted molar refractivity (Wildman–Crippen MR) is 82.7 cm³/mol.